The van der Waals surface area contributed by atoms with Gasteiger partial charge in [-0.3, -0.25) is 9.59 Å². The lowest BCUT2D eigenvalue weighted by Crippen LogP contribution is -2.34. The molecule has 0 bridgehead atoms. The summed E-state index contributed by atoms with van der Waals surface area (Å²) in [6.07, 6.45) is 2.50. The van der Waals surface area contributed by atoms with Crippen LogP contribution in [0.2, 0.25) is 0 Å². The van der Waals surface area contributed by atoms with Gasteiger partial charge in [0.25, 0.3) is 11.5 Å². The van der Waals surface area contributed by atoms with Gasteiger partial charge in [0.05, 0.1) is 29.2 Å². The molecule has 2 heterocycles. The van der Waals surface area contributed by atoms with E-state index in [1.54, 1.807) is 23.9 Å². The summed E-state index contributed by atoms with van der Waals surface area (Å²) in [5.41, 5.74) is 2.12. The van der Waals surface area contributed by atoms with E-state index in [1.165, 1.54) is 0 Å². The van der Waals surface area contributed by atoms with Crippen molar-refractivity contribution in [2.75, 3.05) is 13.7 Å². The van der Waals surface area contributed by atoms with E-state index in [0.29, 0.717) is 29.5 Å². The molecule has 0 saturated heterocycles. The van der Waals surface area contributed by atoms with Crippen LogP contribution in [-0.4, -0.2) is 34.2 Å². The number of rotatable bonds is 8. The second-order valence-corrected chi connectivity index (χ2v) is 8.06. The van der Waals surface area contributed by atoms with E-state index in [2.05, 4.69) is 24.1 Å². The molecule has 0 unspecified atom stereocenters. The van der Waals surface area contributed by atoms with Gasteiger partial charge in [0.1, 0.15) is 5.82 Å². The summed E-state index contributed by atoms with van der Waals surface area (Å²) in [5, 5.41) is 4.33. The van der Waals surface area contributed by atoms with Gasteiger partial charge >= 0.3 is 0 Å². The first-order valence-corrected chi connectivity index (χ1v) is 10.9. The lowest BCUT2D eigenvalue weighted by Gasteiger charge is -2.23. The molecule has 0 aliphatic carbocycles. The number of pyridine rings is 1. The maximum absolute atomic E-state index is 13.5. The van der Waals surface area contributed by atoms with Crippen LogP contribution in [0, 0.1) is 5.92 Å². The number of carbonyl (C=O) groups excluding carboxylic acids is 1. The second-order valence-electron chi connectivity index (χ2n) is 8.06. The fourth-order valence-corrected chi connectivity index (χ4v) is 3.93. The van der Waals surface area contributed by atoms with Crippen LogP contribution in [0.4, 0.5) is 0 Å². The molecule has 2 atom stereocenters. The van der Waals surface area contributed by atoms with Crippen LogP contribution in [0.15, 0.2) is 59.5 Å². The van der Waals surface area contributed by atoms with Crippen molar-refractivity contribution in [1.29, 1.82) is 0 Å². The van der Waals surface area contributed by atoms with Crippen molar-refractivity contribution >= 4 is 27.7 Å². The van der Waals surface area contributed by atoms with Crippen LogP contribution in [0.25, 0.3) is 21.8 Å². The molecule has 7 nitrogen and oxygen atoms in total. The fraction of sp³-hybridized carbons (Fsp3) is 0.320. The summed E-state index contributed by atoms with van der Waals surface area (Å²) in [4.78, 5) is 34.5. The number of aromatic nitrogens is 3. The first kappa shape index (κ1) is 21.8. The summed E-state index contributed by atoms with van der Waals surface area (Å²) in [6, 6.07) is 14.7. The number of nitrogens with zero attached hydrogens (tertiary/aromatic N) is 2. The minimum Gasteiger partial charge on any atom is -0.383 e. The Bertz CT molecular complexity index is 1270. The zero-order valence-corrected chi connectivity index (χ0v) is 18.6. The maximum Gasteiger partial charge on any atom is 0.258 e. The normalized spacial score (nSPS) is 13.3. The van der Waals surface area contributed by atoms with E-state index < -0.39 is 0 Å². The van der Waals surface area contributed by atoms with Crippen molar-refractivity contribution in [2.24, 2.45) is 5.92 Å². The van der Waals surface area contributed by atoms with E-state index in [-0.39, 0.29) is 23.4 Å². The number of aromatic amines is 1. The Morgan fingerprint density at radius 1 is 1.16 bits per heavy atom. The summed E-state index contributed by atoms with van der Waals surface area (Å²) in [5.74, 6) is 0.647. The van der Waals surface area contributed by atoms with Gasteiger partial charge in [0.2, 0.25) is 0 Å². The lowest BCUT2D eigenvalue weighted by atomic mass is 9.97. The third-order valence-electron chi connectivity index (χ3n) is 5.98. The minimum atomic E-state index is -0.294. The van der Waals surface area contributed by atoms with Crippen LogP contribution in [-0.2, 0) is 11.3 Å². The minimum absolute atomic E-state index is 0.134. The highest BCUT2D eigenvalue weighted by Crippen LogP contribution is 2.26. The average molecular weight is 433 g/mol. The molecule has 0 radical (unpaired) electrons. The Labute approximate surface area is 186 Å². The van der Waals surface area contributed by atoms with E-state index in [1.807, 2.05) is 42.5 Å². The topological polar surface area (TPSA) is 89.0 Å². The summed E-state index contributed by atoms with van der Waals surface area (Å²) in [6.45, 7) is 4.94. The van der Waals surface area contributed by atoms with Gasteiger partial charge in [-0.1, -0.05) is 50.6 Å². The molecule has 0 saturated carbocycles. The number of hydrogen-bond acceptors (Lipinski definition) is 4. The molecule has 0 fully saturated rings. The monoisotopic (exact) mass is 432 g/mol. The predicted molar refractivity (Wildman–Crippen MR) is 126 cm³/mol. The van der Waals surface area contributed by atoms with E-state index in [9.17, 15) is 9.59 Å². The largest absolute Gasteiger partial charge is 0.383 e. The quantitative estimate of drug-likeness (QED) is 0.440. The Hall–Kier alpha value is -3.45. The zero-order valence-electron chi connectivity index (χ0n) is 18.6. The molecule has 32 heavy (non-hydrogen) atoms. The van der Waals surface area contributed by atoms with Crippen LogP contribution in [0.5, 0.6) is 0 Å². The highest BCUT2D eigenvalue weighted by Gasteiger charge is 2.25. The van der Waals surface area contributed by atoms with Crippen LogP contribution in [0.1, 0.15) is 42.5 Å². The van der Waals surface area contributed by atoms with Gasteiger partial charge in [0.15, 0.2) is 0 Å². The fourth-order valence-electron chi connectivity index (χ4n) is 3.93. The van der Waals surface area contributed by atoms with Crippen LogP contribution in [0.3, 0.4) is 0 Å². The molecule has 2 N–H and O–H groups in total. The molecule has 1 amide bonds. The first-order valence-electron chi connectivity index (χ1n) is 10.9. The second kappa shape index (κ2) is 9.36. The molecular weight excluding hydrogens is 404 g/mol. The van der Waals surface area contributed by atoms with Crippen LogP contribution < -0.4 is 10.9 Å². The number of H-pyrrole nitrogens is 1. The molecule has 4 rings (SSSR count). The van der Waals surface area contributed by atoms with Crippen molar-refractivity contribution in [3.05, 3.63) is 76.5 Å². The molecular formula is C25H28N4O3. The zero-order chi connectivity index (χ0) is 22.7. The number of benzene rings is 2. The van der Waals surface area contributed by atoms with Gasteiger partial charge < -0.3 is 19.6 Å². The number of para-hydroxylation sites is 2. The molecule has 4 aromatic rings. The van der Waals surface area contributed by atoms with E-state index in [0.717, 1.165) is 23.3 Å². The van der Waals surface area contributed by atoms with E-state index >= 15 is 0 Å². The Morgan fingerprint density at radius 2 is 1.88 bits per heavy atom. The molecule has 0 spiro atoms. The smallest absolute Gasteiger partial charge is 0.258 e. The van der Waals surface area contributed by atoms with Gasteiger partial charge in [-0.25, -0.2) is 4.98 Å². The molecule has 166 valence electrons. The van der Waals surface area contributed by atoms with Gasteiger partial charge in [-0.05, 0) is 24.1 Å². The Kier molecular flexibility index (Phi) is 6.37. The lowest BCUT2D eigenvalue weighted by molar-refractivity contribution is 0.0921. The molecule has 2 aromatic carbocycles. The van der Waals surface area contributed by atoms with Gasteiger partial charge in [-0.2, -0.15) is 0 Å². The Balaban J connectivity index is 1.75. The molecule has 0 aliphatic rings. The standard InChI is InChI=1S/C25H28N4O3/c1-4-16(2)22(23-26-20-11-7-8-12-21(20)27-23)28-24(30)19-15-29(13-14-32-3)25(31)18-10-6-5-9-17(18)19/h5-12,15-16,22H,4,13-14H2,1-3H3,(H,26,27)(H,28,30)/t16-,22+/m0/s1. The number of amides is 1. The van der Waals surface area contributed by atoms with Crippen molar-refractivity contribution in [3.63, 3.8) is 0 Å². The molecule has 0 aliphatic heterocycles. The van der Waals surface area contributed by atoms with Gasteiger partial charge in [0, 0.05) is 30.6 Å². The number of hydrogen-bond donors (Lipinski definition) is 2. The SMILES string of the molecule is CC[C@H](C)[C@@H](NC(=O)c1cn(CCOC)c(=O)c2ccccc12)c1nc2ccccc2[nH]1. The number of ether oxygens (including phenoxy) is 1. The third kappa shape index (κ3) is 4.16. The predicted octanol–water partition coefficient (Wildman–Crippen LogP) is 4.04. The Morgan fingerprint density at radius 3 is 2.59 bits per heavy atom. The summed E-state index contributed by atoms with van der Waals surface area (Å²) < 4.78 is 6.68. The number of carbonyl (C=O) groups is 1. The van der Waals surface area contributed by atoms with E-state index in [4.69, 9.17) is 9.72 Å². The maximum atomic E-state index is 13.5. The van der Waals surface area contributed by atoms with Crippen molar-refractivity contribution in [1.82, 2.24) is 19.9 Å². The average Bonchev–Trinajstić information content (AvgIpc) is 3.25. The summed E-state index contributed by atoms with van der Waals surface area (Å²) >= 11 is 0. The van der Waals surface area contributed by atoms with Gasteiger partial charge in [-0.15, -0.1) is 0 Å². The number of fused-ring (bicyclic) bond motifs is 2. The molecule has 7 heteroatoms. The number of imidazole rings is 1. The highest BCUT2D eigenvalue weighted by atomic mass is 16.5. The highest BCUT2D eigenvalue weighted by molar-refractivity contribution is 6.06. The number of nitrogens with one attached hydrogen (secondary N) is 2. The van der Waals surface area contributed by atoms with Crippen molar-refractivity contribution < 1.29 is 9.53 Å². The first-order chi connectivity index (χ1) is 15.5. The summed E-state index contributed by atoms with van der Waals surface area (Å²) in [7, 11) is 1.59. The third-order valence-corrected chi connectivity index (χ3v) is 5.98. The number of methoxy groups -OCH3 is 1. The van der Waals surface area contributed by atoms with Crippen molar-refractivity contribution in [2.45, 2.75) is 32.9 Å². The molecule has 2 aromatic heterocycles. The van der Waals surface area contributed by atoms with Crippen LogP contribution >= 0.6 is 0 Å². The van der Waals surface area contributed by atoms with Crippen molar-refractivity contribution in [3.8, 4) is 0 Å².